The molecule has 1 N–H and O–H groups in total. The number of rotatable bonds is 5. The van der Waals surface area contributed by atoms with Gasteiger partial charge in [-0.1, -0.05) is 17.7 Å². The fourth-order valence-corrected chi connectivity index (χ4v) is 2.97. The lowest BCUT2D eigenvalue weighted by molar-refractivity contribution is 0.443. The van der Waals surface area contributed by atoms with E-state index in [-0.39, 0.29) is 0 Å². The molecule has 0 saturated carbocycles. The van der Waals surface area contributed by atoms with E-state index in [1.807, 2.05) is 6.92 Å². The summed E-state index contributed by atoms with van der Waals surface area (Å²) in [5.74, 6) is 0.756. The second-order valence-electron chi connectivity index (χ2n) is 5.30. The Bertz CT molecular complexity index is 448. The first-order valence-electron chi connectivity index (χ1n) is 6.25. The lowest BCUT2D eigenvalue weighted by Gasteiger charge is -2.25. The van der Waals surface area contributed by atoms with E-state index in [1.54, 1.807) is 11.8 Å². The van der Waals surface area contributed by atoms with Gasteiger partial charge in [-0.2, -0.15) is 5.26 Å². The molecule has 0 spiro atoms. The van der Waals surface area contributed by atoms with Crippen molar-refractivity contribution in [3.63, 3.8) is 0 Å². The van der Waals surface area contributed by atoms with Gasteiger partial charge in [-0.15, -0.1) is 11.8 Å². The van der Waals surface area contributed by atoms with Crippen molar-refractivity contribution in [2.24, 2.45) is 0 Å². The monoisotopic (exact) mass is 262 g/mol. The van der Waals surface area contributed by atoms with Crippen molar-refractivity contribution in [2.75, 3.05) is 5.75 Å². The van der Waals surface area contributed by atoms with Crippen LogP contribution in [0.4, 0.5) is 0 Å². The van der Waals surface area contributed by atoms with Crippen molar-refractivity contribution in [3.8, 4) is 6.07 Å². The third kappa shape index (κ3) is 4.36. The number of hydrogen-bond donors (Lipinski definition) is 1. The molecule has 1 aromatic carbocycles. The summed E-state index contributed by atoms with van der Waals surface area (Å²) in [5, 5.41) is 12.6. The van der Waals surface area contributed by atoms with Crippen LogP contribution in [0, 0.1) is 25.2 Å². The molecule has 1 aromatic rings. The number of nitrogens with one attached hydrogen (secondary N) is 1. The maximum atomic E-state index is 9.30. The molecule has 3 heteroatoms. The van der Waals surface area contributed by atoms with Crippen LogP contribution < -0.4 is 5.32 Å². The first-order chi connectivity index (χ1) is 8.36. The summed E-state index contributed by atoms with van der Waals surface area (Å²) < 4.78 is 0. The zero-order chi connectivity index (χ0) is 13.8. The normalized spacial score (nSPS) is 14.3. The number of aryl methyl sites for hydroxylation is 2. The fraction of sp³-hybridized carbons (Fsp3) is 0.533. The molecule has 0 amide bonds. The minimum absolute atomic E-state index is 0.314. The second-order valence-corrected chi connectivity index (χ2v) is 6.32. The van der Waals surface area contributed by atoms with Crippen LogP contribution >= 0.6 is 11.8 Å². The minimum atomic E-state index is -0.476. The van der Waals surface area contributed by atoms with Gasteiger partial charge in [0.15, 0.2) is 0 Å². The molecular weight excluding hydrogens is 240 g/mol. The van der Waals surface area contributed by atoms with Gasteiger partial charge in [-0.25, -0.2) is 0 Å². The Balaban J connectivity index is 2.71. The molecule has 0 radical (unpaired) electrons. The molecule has 0 heterocycles. The average Bonchev–Trinajstić information content (AvgIpc) is 2.27. The number of nitrogens with zero attached hydrogens (tertiary/aromatic N) is 1. The van der Waals surface area contributed by atoms with Crippen molar-refractivity contribution in [1.29, 1.82) is 5.26 Å². The molecular formula is C15H22N2S. The third-order valence-electron chi connectivity index (χ3n) is 2.70. The van der Waals surface area contributed by atoms with E-state index in [1.165, 1.54) is 16.0 Å². The van der Waals surface area contributed by atoms with Gasteiger partial charge in [0.2, 0.25) is 0 Å². The fourth-order valence-electron chi connectivity index (χ4n) is 1.93. The lowest BCUT2D eigenvalue weighted by Crippen LogP contribution is -2.47. The number of nitriles is 1. The standard InChI is InChI=1S/C15H22N2S/c1-11(2)17-15(5,9-16)10-18-14-7-6-12(3)8-13(14)4/h6-8,11,17H,10H2,1-5H3. The summed E-state index contributed by atoms with van der Waals surface area (Å²) in [5.41, 5.74) is 2.08. The van der Waals surface area contributed by atoms with E-state index in [0.29, 0.717) is 6.04 Å². The predicted octanol–water partition coefficient (Wildman–Crippen LogP) is 3.68. The highest BCUT2D eigenvalue weighted by atomic mass is 32.2. The lowest BCUT2D eigenvalue weighted by atomic mass is 10.1. The SMILES string of the molecule is Cc1ccc(SCC(C)(C#N)NC(C)C)c(C)c1. The van der Waals surface area contributed by atoms with Crippen LogP contribution in [-0.4, -0.2) is 17.3 Å². The summed E-state index contributed by atoms with van der Waals surface area (Å²) in [7, 11) is 0. The molecule has 1 atom stereocenters. The maximum absolute atomic E-state index is 9.30. The van der Waals surface area contributed by atoms with Gasteiger partial charge in [0.1, 0.15) is 5.54 Å². The Morgan fingerprint density at radius 1 is 1.39 bits per heavy atom. The molecule has 1 rings (SSSR count). The molecule has 0 saturated heterocycles. The summed E-state index contributed by atoms with van der Waals surface area (Å²) >= 11 is 1.74. The van der Waals surface area contributed by atoms with Crippen molar-refractivity contribution in [1.82, 2.24) is 5.32 Å². The van der Waals surface area contributed by atoms with Crippen LogP contribution in [0.25, 0.3) is 0 Å². The molecule has 0 fully saturated rings. The summed E-state index contributed by atoms with van der Waals surface area (Å²) in [6, 6.07) is 9.14. The summed E-state index contributed by atoms with van der Waals surface area (Å²) in [4.78, 5) is 1.26. The van der Waals surface area contributed by atoms with E-state index in [4.69, 9.17) is 0 Å². The highest BCUT2D eigenvalue weighted by molar-refractivity contribution is 7.99. The highest BCUT2D eigenvalue weighted by Crippen LogP contribution is 2.26. The molecule has 0 aliphatic rings. The number of benzene rings is 1. The van der Waals surface area contributed by atoms with Crippen LogP contribution in [0.1, 0.15) is 31.9 Å². The smallest absolute Gasteiger partial charge is 0.113 e. The Hall–Kier alpha value is -0.980. The number of thioether (sulfide) groups is 1. The van der Waals surface area contributed by atoms with Crippen LogP contribution in [-0.2, 0) is 0 Å². The van der Waals surface area contributed by atoms with Gasteiger partial charge >= 0.3 is 0 Å². The predicted molar refractivity (Wildman–Crippen MR) is 78.9 cm³/mol. The van der Waals surface area contributed by atoms with Gasteiger partial charge in [0, 0.05) is 16.7 Å². The van der Waals surface area contributed by atoms with Gasteiger partial charge in [-0.05, 0) is 46.2 Å². The largest absolute Gasteiger partial charge is 0.297 e. The minimum Gasteiger partial charge on any atom is -0.297 e. The van der Waals surface area contributed by atoms with E-state index in [0.717, 1.165) is 5.75 Å². The Kier molecular flexibility index (Phi) is 5.25. The van der Waals surface area contributed by atoms with Gasteiger partial charge in [0.25, 0.3) is 0 Å². The average molecular weight is 262 g/mol. The molecule has 0 aromatic heterocycles. The summed E-state index contributed by atoms with van der Waals surface area (Å²) in [6.07, 6.45) is 0. The van der Waals surface area contributed by atoms with E-state index in [9.17, 15) is 5.26 Å². The van der Waals surface area contributed by atoms with E-state index >= 15 is 0 Å². The van der Waals surface area contributed by atoms with Crippen LogP contribution in [0.3, 0.4) is 0 Å². The molecule has 98 valence electrons. The Labute approximate surface area is 115 Å². The van der Waals surface area contributed by atoms with Crippen LogP contribution in [0.15, 0.2) is 23.1 Å². The third-order valence-corrected chi connectivity index (χ3v) is 4.19. The maximum Gasteiger partial charge on any atom is 0.113 e. The number of hydrogen-bond acceptors (Lipinski definition) is 3. The second kappa shape index (κ2) is 6.26. The molecule has 0 aliphatic heterocycles. The Morgan fingerprint density at radius 2 is 2.06 bits per heavy atom. The summed E-state index contributed by atoms with van der Waals surface area (Å²) in [6.45, 7) is 10.3. The van der Waals surface area contributed by atoms with Crippen molar-refractivity contribution in [3.05, 3.63) is 29.3 Å². The molecule has 0 bridgehead atoms. The van der Waals surface area contributed by atoms with Crippen LogP contribution in [0.5, 0.6) is 0 Å². The quantitative estimate of drug-likeness (QED) is 0.822. The first kappa shape index (κ1) is 15.1. The zero-order valence-electron chi connectivity index (χ0n) is 11.9. The molecule has 0 aliphatic carbocycles. The molecule has 1 unspecified atom stereocenters. The van der Waals surface area contributed by atoms with E-state index in [2.05, 4.69) is 57.3 Å². The topological polar surface area (TPSA) is 35.8 Å². The van der Waals surface area contributed by atoms with E-state index < -0.39 is 5.54 Å². The molecule has 18 heavy (non-hydrogen) atoms. The zero-order valence-corrected chi connectivity index (χ0v) is 12.7. The van der Waals surface area contributed by atoms with Gasteiger partial charge < -0.3 is 0 Å². The Morgan fingerprint density at radius 3 is 2.56 bits per heavy atom. The molecule has 2 nitrogen and oxygen atoms in total. The van der Waals surface area contributed by atoms with Gasteiger partial charge in [0.05, 0.1) is 6.07 Å². The van der Waals surface area contributed by atoms with Crippen molar-refractivity contribution >= 4 is 11.8 Å². The van der Waals surface area contributed by atoms with Gasteiger partial charge in [-0.3, -0.25) is 5.32 Å². The van der Waals surface area contributed by atoms with Crippen molar-refractivity contribution < 1.29 is 0 Å². The highest BCUT2D eigenvalue weighted by Gasteiger charge is 2.24. The van der Waals surface area contributed by atoms with Crippen LogP contribution in [0.2, 0.25) is 0 Å². The van der Waals surface area contributed by atoms with Crippen molar-refractivity contribution in [2.45, 2.75) is 51.1 Å². The first-order valence-corrected chi connectivity index (χ1v) is 7.24.